The van der Waals surface area contributed by atoms with Crippen molar-refractivity contribution in [2.75, 3.05) is 6.73 Å². The molecule has 124 valence electrons. The fourth-order valence-electron chi connectivity index (χ4n) is 3.34. The molecule has 1 aliphatic rings. The van der Waals surface area contributed by atoms with E-state index < -0.39 is 0 Å². The van der Waals surface area contributed by atoms with Crippen LogP contribution >= 0.6 is 0 Å². The molecule has 2 aromatic heterocycles. The first kappa shape index (κ1) is 15.0. The molecule has 0 aliphatic carbocycles. The van der Waals surface area contributed by atoms with Crippen molar-refractivity contribution < 1.29 is 13.6 Å². The van der Waals surface area contributed by atoms with Crippen molar-refractivity contribution in [2.45, 2.75) is 33.4 Å². The molecule has 4 rings (SSSR count). The Morgan fingerprint density at radius 3 is 2.88 bits per heavy atom. The quantitative estimate of drug-likeness (QED) is 0.689. The van der Waals surface area contributed by atoms with Crippen LogP contribution in [-0.2, 0) is 19.5 Å². The van der Waals surface area contributed by atoms with Crippen molar-refractivity contribution in [2.24, 2.45) is 0 Å². The van der Waals surface area contributed by atoms with E-state index in [4.69, 9.17) is 13.6 Å². The molecule has 0 unspecified atom stereocenters. The average molecular weight is 325 g/mol. The lowest BCUT2D eigenvalue weighted by atomic mass is 10.0. The molecular weight excluding hydrogens is 306 g/mol. The van der Waals surface area contributed by atoms with Crippen LogP contribution in [0, 0.1) is 6.92 Å². The van der Waals surface area contributed by atoms with Crippen LogP contribution in [0.3, 0.4) is 0 Å². The molecule has 0 amide bonds. The third-order valence-electron chi connectivity index (χ3n) is 4.61. The number of hydrogen-bond donors (Lipinski definition) is 0. The zero-order valence-corrected chi connectivity index (χ0v) is 13.8. The van der Waals surface area contributed by atoms with E-state index in [0.717, 1.165) is 33.6 Å². The number of nitrogens with zero attached hydrogens (tertiary/aromatic N) is 1. The number of benzene rings is 1. The van der Waals surface area contributed by atoms with Crippen LogP contribution < -0.4 is 10.4 Å². The van der Waals surface area contributed by atoms with Gasteiger partial charge in [-0.3, -0.25) is 4.90 Å². The van der Waals surface area contributed by atoms with Gasteiger partial charge in [0.1, 0.15) is 23.8 Å². The Bertz CT molecular complexity index is 940. The summed E-state index contributed by atoms with van der Waals surface area (Å²) in [6.07, 6.45) is 2.33. The summed E-state index contributed by atoms with van der Waals surface area (Å²) in [7, 11) is 0. The maximum Gasteiger partial charge on any atom is 0.339 e. The maximum absolute atomic E-state index is 12.3. The molecule has 0 spiro atoms. The van der Waals surface area contributed by atoms with Gasteiger partial charge in [-0.2, -0.15) is 0 Å². The van der Waals surface area contributed by atoms with Crippen molar-refractivity contribution in [3.63, 3.8) is 0 Å². The minimum atomic E-state index is -0.251. The average Bonchev–Trinajstić information content (AvgIpc) is 3.08. The van der Waals surface area contributed by atoms with Gasteiger partial charge in [-0.1, -0.05) is 6.92 Å². The van der Waals surface area contributed by atoms with Gasteiger partial charge in [-0.05, 0) is 43.2 Å². The molecule has 0 saturated heterocycles. The molecule has 0 atom stereocenters. The van der Waals surface area contributed by atoms with E-state index in [9.17, 15) is 4.79 Å². The van der Waals surface area contributed by atoms with Crippen molar-refractivity contribution in [1.82, 2.24) is 4.90 Å². The second-order valence-electron chi connectivity index (χ2n) is 6.11. The monoisotopic (exact) mass is 325 g/mol. The summed E-state index contributed by atoms with van der Waals surface area (Å²) >= 11 is 0. The smallest absolute Gasteiger partial charge is 0.339 e. The molecular formula is C19H19NO4. The Balaban J connectivity index is 1.78. The first-order chi connectivity index (χ1) is 11.7. The van der Waals surface area contributed by atoms with Gasteiger partial charge >= 0.3 is 5.63 Å². The Morgan fingerprint density at radius 1 is 1.25 bits per heavy atom. The predicted molar refractivity (Wildman–Crippen MR) is 90.0 cm³/mol. The zero-order chi connectivity index (χ0) is 16.7. The number of fused-ring (bicyclic) bond motifs is 3. The molecule has 0 bridgehead atoms. The Hall–Kier alpha value is -2.53. The Labute approximate surface area is 139 Å². The molecule has 5 nitrogen and oxygen atoms in total. The van der Waals surface area contributed by atoms with Gasteiger partial charge in [0.25, 0.3) is 0 Å². The fourth-order valence-corrected chi connectivity index (χ4v) is 3.34. The van der Waals surface area contributed by atoms with E-state index in [2.05, 4.69) is 4.90 Å². The van der Waals surface area contributed by atoms with E-state index in [1.54, 1.807) is 6.26 Å². The molecule has 1 aromatic carbocycles. The largest absolute Gasteiger partial charge is 0.478 e. The topological polar surface area (TPSA) is 55.8 Å². The highest BCUT2D eigenvalue weighted by Gasteiger charge is 2.23. The molecule has 0 saturated carbocycles. The van der Waals surface area contributed by atoms with Crippen molar-refractivity contribution in [3.8, 4) is 5.75 Å². The summed E-state index contributed by atoms with van der Waals surface area (Å²) in [5.41, 5.74) is 3.05. The first-order valence-corrected chi connectivity index (χ1v) is 8.13. The third-order valence-corrected chi connectivity index (χ3v) is 4.61. The summed E-state index contributed by atoms with van der Waals surface area (Å²) in [4.78, 5) is 14.4. The van der Waals surface area contributed by atoms with Gasteiger partial charge in [0.2, 0.25) is 0 Å². The highest BCUT2D eigenvalue weighted by molar-refractivity contribution is 5.86. The van der Waals surface area contributed by atoms with E-state index in [-0.39, 0.29) is 5.63 Å². The lowest BCUT2D eigenvalue weighted by Gasteiger charge is -2.28. The molecule has 1 aliphatic heterocycles. The van der Waals surface area contributed by atoms with Crippen LogP contribution in [0.2, 0.25) is 0 Å². The summed E-state index contributed by atoms with van der Waals surface area (Å²) in [5, 5.41) is 0.980. The summed E-state index contributed by atoms with van der Waals surface area (Å²) in [6, 6.07) is 7.76. The van der Waals surface area contributed by atoms with Gasteiger partial charge in [-0.25, -0.2) is 4.79 Å². The van der Waals surface area contributed by atoms with Crippen LogP contribution in [0.15, 0.2) is 44.2 Å². The van der Waals surface area contributed by atoms with Crippen molar-refractivity contribution >= 4 is 11.0 Å². The van der Waals surface area contributed by atoms with Gasteiger partial charge < -0.3 is 13.6 Å². The summed E-state index contributed by atoms with van der Waals surface area (Å²) in [6.45, 7) is 5.74. The van der Waals surface area contributed by atoms with Gasteiger partial charge in [-0.15, -0.1) is 0 Å². The molecule has 24 heavy (non-hydrogen) atoms. The SMILES string of the molecule is CCc1c(C)c2ccc3c(c2oc1=O)CN(Cc1ccco1)CO3. The van der Waals surface area contributed by atoms with E-state index in [1.165, 1.54) is 0 Å². The molecule has 3 heterocycles. The number of hydrogen-bond acceptors (Lipinski definition) is 5. The Morgan fingerprint density at radius 2 is 2.12 bits per heavy atom. The Kier molecular flexibility index (Phi) is 3.65. The van der Waals surface area contributed by atoms with Crippen LogP contribution in [0.4, 0.5) is 0 Å². The highest BCUT2D eigenvalue weighted by atomic mass is 16.5. The second-order valence-corrected chi connectivity index (χ2v) is 6.11. The third kappa shape index (κ3) is 2.41. The van der Waals surface area contributed by atoms with Crippen molar-refractivity contribution in [3.05, 3.63) is 63.4 Å². The number of furan rings is 1. The number of aryl methyl sites for hydroxylation is 1. The van der Waals surface area contributed by atoms with Crippen LogP contribution in [0.25, 0.3) is 11.0 Å². The zero-order valence-electron chi connectivity index (χ0n) is 13.8. The summed E-state index contributed by atoms with van der Waals surface area (Å²) < 4.78 is 16.9. The van der Waals surface area contributed by atoms with Gasteiger partial charge in [0.05, 0.1) is 18.4 Å². The normalized spacial score (nSPS) is 14.6. The molecule has 0 N–H and O–H groups in total. The first-order valence-electron chi connectivity index (χ1n) is 8.13. The lowest BCUT2D eigenvalue weighted by molar-refractivity contribution is 0.0826. The molecule has 0 radical (unpaired) electrons. The van der Waals surface area contributed by atoms with Crippen LogP contribution in [0.1, 0.15) is 29.4 Å². The minimum absolute atomic E-state index is 0.251. The summed E-state index contributed by atoms with van der Waals surface area (Å²) in [5.74, 6) is 1.66. The lowest BCUT2D eigenvalue weighted by Crippen LogP contribution is -2.31. The highest BCUT2D eigenvalue weighted by Crippen LogP contribution is 2.34. The van der Waals surface area contributed by atoms with E-state index in [0.29, 0.717) is 31.8 Å². The second kappa shape index (κ2) is 5.83. The number of rotatable bonds is 3. The van der Waals surface area contributed by atoms with E-state index >= 15 is 0 Å². The predicted octanol–water partition coefficient (Wildman–Crippen LogP) is 3.61. The van der Waals surface area contributed by atoms with Crippen LogP contribution in [0.5, 0.6) is 5.75 Å². The number of ether oxygens (including phenoxy) is 1. The van der Waals surface area contributed by atoms with Crippen LogP contribution in [-0.4, -0.2) is 11.6 Å². The molecule has 5 heteroatoms. The minimum Gasteiger partial charge on any atom is -0.478 e. The fraction of sp³-hybridized carbons (Fsp3) is 0.316. The standard InChI is InChI=1S/C19H19NO4/c1-3-14-12(2)15-6-7-17-16(18(15)24-19(14)21)10-20(11-23-17)9-13-5-4-8-22-13/h4-8H,3,9-11H2,1-2H3. The molecule has 0 fully saturated rings. The van der Waals surface area contributed by atoms with Gasteiger partial charge in [0.15, 0.2) is 0 Å². The van der Waals surface area contributed by atoms with Gasteiger partial charge in [0, 0.05) is 17.5 Å². The van der Waals surface area contributed by atoms with Crippen molar-refractivity contribution in [1.29, 1.82) is 0 Å². The molecule has 3 aromatic rings. The van der Waals surface area contributed by atoms with E-state index in [1.807, 2.05) is 38.1 Å². The maximum atomic E-state index is 12.3.